The van der Waals surface area contributed by atoms with E-state index < -0.39 is 0 Å². The fraction of sp³-hybridized carbons (Fsp3) is 0.545. The Morgan fingerprint density at radius 2 is 2.14 bits per heavy atom. The van der Waals surface area contributed by atoms with Gasteiger partial charge >= 0.3 is 0 Å². The van der Waals surface area contributed by atoms with Gasteiger partial charge in [-0.25, -0.2) is 0 Å². The number of carbonyl (C=O) groups is 1. The number of nitrogens with zero attached hydrogens (tertiary/aromatic N) is 1. The van der Waals surface area contributed by atoms with Gasteiger partial charge in [-0.3, -0.25) is 4.79 Å². The summed E-state index contributed by atoms with van der Waals surface area (Å²) >= 11 is 0. The molecule has 3 nitrogen and oxygen atoms in total. The molecule has 1 N–H and O–H groups in total. The quantitative estimate of drug-likeness (QED) is 0.777. The molecule has 1 aromatic heterocycles. The standard InChI is InChI=1S/C11H16N2O/c1-13(11-3-2-8-12-11)9-4-6-10(14)7-5-9/h2-3,8-9,12H,4-7H2,1H3. The van der Waals surface area contributed by atoms with Crippen molar-refractivity contribution in [2.24, 2.45) is 0 Å². The first-order valence-corrected chi connectivity index (χ1v) is 5.15. The Labute approximate surface area is 84.1 Å². The molecule has 3 heteroatoms. The maximum absolute atomic E-state index is 11.1. The van der Waals surface area contributed by atoms with Gasteiger partial charge < -0.3 is 9.88 Å². The van der Waals surface area contributed by atoms with Crippen LogP contribution < -0.4 is 4.90 Å². The third-order valence-corrected chi connectivity index (χ3v) is 3.02. The van der Waals surface area contributed by atoms with Gasteiger partial charge in [0.15, 0.2) is 0 Å². The summed E-state index contributed by atoms with van der Waals surface area (Å²) in [5.74, 6) is 1.56. The number of anilines is 1. The van der Waals surface area contributed by atoms with Crippen LogP contribution in [0.2, 0.25) is 0 Å². The molecule has 0 amide bonds. The summed E-state index contributed by atoms with van der Waals surface area (Å²) in [5, 5.41) is 0. The van der Waals surface area contributed by atoms with Gasteiger partial charge in [0.05, 0.1) is 0 Å². The predicted octanol–water partition coefficient (Wildman–Crippen LogP) is 1.96. The monoisotopic (exact) mass is 192 g/mol. The van der Waals surface area contributed by atoms with Crippen LogP contribution in [0.25, 0.3) is 0 Å². The van der Waals surface area contributed by atoms with Crippen molar-refractivity contribution >= 4 is 11.6 Å². The number of Topliss-reactive ketones (excluding diaryl/α,β-unsaturated/α-hetero) is 1. The predicted molar refractivity (Wildman–Crippen MR) is 56.5 cm³/mol. The molecule has 2 rings (SSSR count). The molecular weight excluding hydrogens is 176 g/mol. The summed E-state index contributed by atoms with van der Waals surface area (Å²) in [6.07, 6.45) is 5.41. The van der Waals surface area contributed by atoms with E-state index in [1.165, 1.54) is 0 Å². The van der Waals surface area contributed by atoms with Gasteiger partial charge in [-0.15, -0.1) is 0 Å². The van der Waals surface area contributed by atoms with Gasteiger partial charge in [-0.05, 0) is 25.0 Å². The van der Waals surface area contributed by atoms with Gasteiger partial charge in [0, 0.05) is 32.1 Å². The van der Waals surface area contributed by atoms with Crippen LogP contribution in [0.4, 0.5) is 5.82 Å². The summed E-state index contributed by atoms with van der Waals surface area (Å²) in [4.78, 5) is 16.5. The lowest BCUT2D eigenvalue weighted by Crippen LogP contribution is -2.35. The molecule has 14 heavy (non-hydrogen) atoms. The second-order valence-corrected chi connectivity index (χ2v) is 3.94. The molecule has 1 aliphatic carbocycles. The molecule has 1 fully saturated rings. The fourth-order valence-electron chi connectivity index (χ4n) is 2.05. The van der Waals surface area contributed by atoms with Crippen LogP contribution in [-0.4, -0.2) is 23.9 Å². The van der Waals surface area contributed by atoms with Gasteiger partial charge in [-0.1, -0.05) is 0 Å². The van der Waals surface area contributed by atoms with Crippen molar-refractivity contribution < 1.29 is 4.79 Å². The zero-order valence-electron chi connectivity index (χ0n) is 8.49. The lowest BCUT2D eigenvalue weighted by molar-refractivity contribution is -0.120. The Balaban J connectivity index is 1.99. The van der Waals surface area contributed by atoms with E-state index in [0.29, 0.717) is 11.8 Å². The van der Waals surface area contributed by atoms with Crippen LogP contribution >= 0.6 is 0 Å². The van der Waals surface area contributed by atoms with Crippen LogP contribution in [-0.2, 0) is 4.79 Å². The van der Waals surface area contributed by atoms with Gasteiger partial charge in [-0.2, -0.15) is 0 Å². The highest BCUT2D eigenvalue weighted by Gasteiger charge is 2.22. The van der Waals surface area contributed by atoms with E-state index >= 15 is 0 Å². The van der Waals surface area contributed by atoms with Crippen LogP contribution in [0.5, 0.6) is 0 Å². The first kappa shape index (κ1) is 9.31. The molecule has 76 valence electrons. The molecule has 0 aliphatic heterocycles. The van der Waals surface area contributed by atoms with E-state index in [2.05, 4.69) is 23.0 Å². The summed E-state index contributed by atoms with van der Waals surface area (Å²) in [5.41, 5.74) is 0. The summed E-state index contributed by atoms with van der Waals surface area (Å²) in [6.45, 7) is 0. The van der Waals surface area contributed by atoms with Crippen LogP contribution in [0.15, 0.2) is 18.3 Å². The number of rotatable bonds is 2. The van der Waals surface area contributed by atoms with Gasteiger partial charge in [0.2, 0.25) is 0 Å². The summed E-state index contributed by atoms with van der Waals surface area (Å²) in [6, 6.07) is 4.59. The second-order valence-electron chi connectivity index (χ2n) is 3.94. The normalized spacial score (nSPS) is 18.5. The molecule has 0 aromatic carbocycles. The van der Waals surface area contributed by atoms with E-state index in [-0.39, 0.29) is 0 Å². The van der Waals surface area contributed by atoms with Crippen molar-refractivity contribution in [2.45, 2.75) is 31.7 Å². The van der Waals surface area contributed by atoms with Crippen LogP contribution in [0, 0.1) is 0 Å². The minimum Gasteiger partial charge on any atom is -0.358 e. The Kier molecular flexibility index (Phi) is 2.57. The van der Waals surface area contributed by atoms with Crippen molar-refractivity contribution in [3.63, 3.8) is 0 Å². The third kappa shape index (κ3) is 1.81. The first-order chi connectivity index (χ1) is 6.77. The molecule has 0 atom stereocenters. The average molecular weight is 192 g/mol. The Morgan fingerprint density at radius 1 is 1.43 bits per heavy atom. The van der Waals surface area contributed by atoms with E-state index in [4.69, 9.17) is 0 Å². The molecule has 1 saturated carbocycles. The number of aromatic amines is 1. The van der Waals surface area contributed by atoms with Gasteiger partial charge in [0.25, 0.3) is 0 Å². The second kappa shape index (κ2) is 3.86. The number of hydrogen-bond acceptors (Lipinski definition) is 2. The molecule has 0 bridgehead atoms. The number of aromatic nitrogens is 1. The molecule has 0 unspecified atom stereocenters. The number of carbonyl (C=O) groups excluding carboxylic acids is 1. The average Bonchev–Trinajstić information content (AvgIpc) is 2.71. The van der Waals surface area contributed by atoms with E-state index in [1.807, 2.05) is 12.3 Å². The highest BCUT2D eigenvalue weighted by atomic mass is 16.1. The third-order valence-electron chi connectivity index (χ3n) is 3.02. The molecular formula is C11H16N2O. The van der Waals surface area contributed by atoms with Crippen molar-refractivity contribution in [3.05, 3.63) is 18.3 Å². The topological polar surface area (TPSA) is 36.1 Å². The maximum Gasteiger partial charge on any atom is 0.133 e. The minimum absolute atomic E-state index is 0.418. The zero-order valence-corrected chi connectivity index (χ0v) is 8.49. The molecule has 1 aromatic rings. The molecule has 0 saturated heterocycles. The van der Waals surface area contributed by atoms with Crippen molar-refractivity contribution in [1.82, 2.24) is 4.98 Å². The maximum atomic E-state index is 11.1. The molecule has 1 aliphatic rings. The SMILES string of the molecule is CN(c1ccc[nH]1)C1CCC(=O)CC1. The van der Waals surface area contributed by atoms with Crippen LogP contribution in [0.1, 0.15) is 25.7 Å². The zero-order chi connectivity index (χ0) is 9.97. The van der Waals surface area contributed by atoms with Crippen molar-refractivity contribution in [3.8, 4) is 0 Å². The Bertz CT molecular complexity index is 295. The Hall–Kier alpha value is -1.25. The number of H-pyrrole nitrogens is 1. The molecule has 1 heterocycles. The first-order valence-electron chi connectivity index (χ1n) is 5.15. The van der Waals surface area contributed by atoms with E-state index in [9.17, 15) is 4.79 Å². The molecule has 0 radical (unpaired) electrons. The highest BCUT2D eigenvalue weighted by molar-refractivity contribution is 5.79. The summed E-state index contributed by atoms with van der Waals surface area (Å²) in [7, 11) is 2.09. The lowest BCUT2D eigenvalue weighted by atomic mass is 9.93. The number of ketones is 1. The summed E-state index contributed by atoms with van der Waals surface area (Å²) < 4.78 is 0. The Morgan fingerprint density at radius 3 is 2.71 bits per heavy atom. The lowest BCUT2D eigenvalue weighted by Gasteiger charge is -2.31. The van der Waals surface area contributed by atoms with Gasteiger partial charge in [0.1, 0.15) is 11.6 Å². The van der Waals surface area contributed by atoms with E-state index in [0.717, 1.165) is 31.5 Å². The number of nitrogens with one attached hydrogen (secondary N) is 1. The minimum atomic E-state index is 0.418. The fourth-order valence-corrected chi connectivity index (χ4v) is 2.05. The van der Waals surface area contributed by atoms with Crippen LogP contribution in [0.3, 0.4) is 0 Å². The highest BCUT2D eigenvalue weighted by Crippen LogP contribution is 2.23. The molecule has 0 spiro atoms. The van der Waals surface area contributed by atoms with Crippen molar-refractivity contribution in [1.29, 1.82) is 0 Å². The smallest absolute Gasteiger partial charge is 0.133 e. The van der Waals surface area contributed by atoms with E-state index in [1.54, 1.807) is 0 Å². The largest absolute Gasteiger partial charge is 0.358 e. The van der Waals surface area contributed by atoms with Crippen molar-refractivity contribution in [2.75, 3.05) is 11.9 Å². The number of hydrogen-bond donors (Lipinski definition) is 1.